The van der Waals surface area contributed by atoms with E-state index in [0.717, 1.165) is 44.6 Å². The number of benzene rings is 12. The highest BCUT2D eigenvalue weighted by molar-refractivity contribution is 7.27. The van der Waals surface area contributed by atoms with Gasteiger partial charge in [0.05, 0.1) is 0 Å². The lowest BCUT2D eigenvalue weighted by atomic mass is 9.97. The minimum Gasteiger partial charge on any atom is -0.456 e. The Morgan fingerprint density at radius 3 is 1.35 bits per heavy atom. The van der Waals surface area contributed by atoms with Crippen molar-refractivity contribution in [2.45, 2.75) is 0 Å². The number of hydrogen-bond acceptors (Lipinski definition) is 6. The average Bonchev–Trinajstić information content (AvgIpc) is 4.40. The molecule has 0 atom stereocenters. The smallest absolute Gasteiger partial charge is 0.143 e. The number of thiophene rings is 3. The van der Waals surface area contributed by atoms with Gasteiger partial charge in [0, 0.05) is 110 Å². The molecule has 12 aromatic carbocycles. The van der Waals surface area contributed by atoms with Gasteiger partial charge in [-0.05, 0) is 71.3 Å². The van der Waals surface area contributed by atoms with Crippen molar-refractivity contribution in [3.05, 3.63) is 255 Å². The Morgan fingerprint density at radius 2 is 0.641 bits per heavy atom. The van der Waals surface area contributed by atoms with Crippen LogP contribution in [0.15, 0.2) is 268 Å². The van der Waals surface area contributed by atoms with Gasteiger partial charge in [0.1, 0.15) is 33.5 Å². The molecule has 0 aliphatic heterocycles. The van der Waals surface area contributed by atoms with E-state index in [9.17, 15) is 0 Å². The summed E-state index contributed by atoms with van der Waals surface area (Å²) in [5.74, 6) is 0. The lowest BCUT2D eigenvalue weighted by Crippen LogP contribution is -1.80. The van der Waals surface area contributed by atoms with Gasteiger partial charge in [-0.1, -0.05) is 200 Å². The molecule has 6 heteroatoms. The van der Waals surface area contributed by atoms with Crippen molar-refractivity contribution in [3.8, 4) is 33.4 Å². The van der Waals surface area contributed by atoms with Crippen LogP contribution in [0.3, 0.4) is 0 Å². The number of hydrogen-bond donors (Lipinski definition) is 0. The molecule has 0 saturated heterocycles. The van der Waals surface area contributed by atoms with Crippen LogP contribution in [0.5, 0.6) is 0 Å². The third kappa shape index (κ3) is 7.22. The second kappa shape index (κ2) is 18.2. The first-order chi connectivity index (χ1) is 38.7. The topological polar surface area (TPSA) is 39.4 Å². The molecule has 0 aliphatic carbocycles. The summed E-state index contributed by atoms with van der Waals surface area (Å²) in [5.41, 5.74) is 13.0. The Hall–Kier alpha value is -9.30. The van der Waals surface area contributed by atoms with Gasteiger partial charge in [0.25, 0.3) is 0 Å². The van der Waals surface area contributed by atoms with Gasteiger partial charge in [-0.15, -0.1) is 34.0 Å². The number of rotatable bonds is 3. The molecule has 3 nitrogen and oxygen atoms in total. The summed E-state index contributed by atoms with van der Waals surface area (Å²) < 4.78 is 26.5. The van der Waals surface area contributed by atoms with Crippen LogP contribution in [-0.4, -0.2) is 0 Å². The summed E-state index contributed by atoms with van der Waals surface area (Å²) in [6, 6.07) is 89.9. The van der Waals surface area contributed by atoms with Crippen LogP contribution in [-0.2, 0) is 0 Å². The fraction of sp³-hybridized carbons (Fsp3) is 0. The summed E-state index contributed by atoms with van der Waals surface area (Å²) in [6.45, 7) is 0. The first kappa shape index (κ1) is 44.9. The van der Waals surface area contributed by atoms with E-state index >= 15 is 0 Å². The summed E-state index contributed by atoms with van der Waals surface area (Å²) in [6.07, 6.45) is 0. The van der Waals surface area contributed by atoms with Crippen molar-refractivity contribution in [3.63, 3.8) is 0 Å². The van der Waals surface area contributed by atoms with Crippen LogP contribution in [0.1, 0.15) is 0 Å². The molecule has 18 rings (SSSR count). The predicted molar refractivity (Wildman–Crippen MR) is 336 cm³/mol. The molecule has 6 heterocycles. The van der Waals surface area contributed by atoms with Crippen molar-refractivity contribution in [2.75, 3.05) is 0 Å². The third-order valence-electron chi connectivity index (χ3n) is 15.3. The van der Waals surface area contributed by atoms with E-state index in [1.165, 1.54) is 115 Å². The normalized spacial score (nSPS) is 11.8. The molecule has 78 heavy (non-hydrogen) atoms. The number of furan rings is 3. The van der Waals surface area contributed by atoms with E-state index in [1.54, 1.807) is 0 Å². The van der Waals surface area contributed by atoms with Crippen molar-refractivity contribution in [2.24, 2.45) is 0 Å². The van der Waals surface area contributed by atoms with Gasteiger partial charge in [0.2, 0.25) is 0 Å². The van der Waals surface area contributed by atoms with Gasteiger partial charge in [-0.3, -0.25) is 0 Å². The molecule has 0 fully saturated rings. The Kier molecular flexibility index (Phi) is 10.5. The van der Waals surface area contributed by atoms with E-state index in [-0.39, 0.29) is 0 Å². The van der Waals surface area contributed by atoms with Crippen molar-refractivity contribution in [1.29, 1.82) is 0 Å². The van der Waals surface area contributed by atoms with E-state index < -0.39 is 0 Å². The lowest BCUT2D eigenvalue weighted by molar-refractivity contribution is 0.669. The monoisotopic (exact) mass is 1050 g/mol. The Morgan fingerprint density at radius 1 is 0.218 bits per heavy atom. The highest BCUT2D eigenvalue weighted by Gasteiger charge is 2.19. The predicted octanol–water partition coefficient (Wildman–Crippen LogP) is 22.9. The minimum absolute atomic E-state index is 0.942. The molecule has 0 radical (unpaired) electrons. The summed E-state index contributed by atoms with van der Waals surface area (Å²) in [7, 11) is 0. The molecule has 0 N–H and O–H groups in total. The maximum atomic E-state index is 6.28. The van der Waals surface area contributed by atoms with Crippen LogP contribution >= 0.6 is 34.0 Å². The van der Waals surface area contributed by atoms with E-state index in [0.29, 0.717) is 0 Å². The first-order valence-corrected chi connectivity index (χ1v) is 28.6. The number of para-hydroxylation sites is 5. The van der Waals surface area contributed by atoms with Crippen molar-refractivity contribution in [1.82, 2.24) is 0 Å². The zero-order valence-electron chi connectivity index (χ0n) is 41.7. The van der Waals surface area contributed by atoms with E-state index in [2.05, 4.69) is 218 Å². The molecule has 6 aromatic heterocycles. The van der Waals surface area contributed by atoms with Crippen LogP contribution in [0.2, 0.25) is 0 Å². The second-order valence-electron chi connectivity index (χ2n) is 19.7. The van der Waals surface area contributed by atoms with Crippen molar-refractivity contribution >= 4 is 160 Å². The van der Waals surface area contributed by atoms with E-state index in [1.807, 2.05) is 70.4 Å². The van der Waals surface area contributed by atoms with Crippen LogP contribution in [0.4, 0.5) is 0 Å². The van der Waals surface area contributed by atoms with Gasteiger partial charge in [0.15, 0.2) is 0 Å². The standard InChI is InChI=1S/3C24H14OS/c1-3-12-20-19(8-1)23-16(9-6-13-21(23)25-20)18-11-5-10-17-15-7-2-4-14-22(15)26-24(17)18;1-3-12-20-15(7-1)17-10-5-11-18(24(17)25-20)16-9-6-14-22-23(16)19-8-2-4-13-21(19)26-22;1-3-10-21-17(6-1)20-9-5-8-16(24(20)25-21)15-12-13-19-18-7-2-4-11-22(18)26-23(19)14-15/h3*1-14H. The molecular weight excluding hydrogens is 1010 g/mol. The molecule has 0 unspecified atom stereocenters. The average molecular weight is 1050 g/mol. The second-order valence-corrected chi connectivity index (χ2v) is 22.9. The zero-order valence-corrected chi connectivity index (χ0v) is 44.1. The minimum atomic E-state index is 0.942. The van der Waals surface area contributed by atoms with E-state index in [4.69, 9.17) is 13.3 Å². The quantitative estimate of drug-likeness (QED) is 0.177. The Labute approximate surface area is 458 Å². The highest BCUT2D eigenvalue weighted by Crippen LogP contribution is 2.46. The fourth-order valence-electron chi connectivity index (χ4n) is 11.8. The molecule has 0 spiro atoms. The Balaban J connectivity index is 0.0000000978. The molecule has 18 aromatic rings. The molecule has 0 amide bonds. The maximum absolute atomic E-state index is 6.28. The zero-order chi connectivity index (χ0) is 51.3. The van der Waals surface area contributed by atoms with Gasteiger partial charge in [-0.2, -0.15) is 0 Å². The summed E-state index contributed by atoms with van der Waals surface area (Å²) in [5, 5.41) is 15.0. The lowest BCUT2D eigenvalue weighted by Gasteiger charge is -2.05. The van der Waals surface area contributed by atoms with Crippen LogP contribution in [0, 0.1) is 0 Å². The number of fused-ring (bicyclic) bond motifs is 18. The molecule has 366 valence electrons. The molecule has 0 saturated carbocycles. The molecule has 0 bridgehead atoms. The first-order valence-electron chi connectivity index (χ1n) is 26.1. The highest BCUT2D eigenvalue weighted by atomic mass is 32.1. The maximum Gasteiger partial charge on any atom is 0.143 e. The van der Waals surface area contributed by atoms with Crippen molar-refractivity contribution < 1.29 is 13.3 Å². The van der Waals surface area contributed by atoms with Crippen LogP contribution in [0.25, 0.3) is 160 Å². The molecular formula is C72H42O3S3. The van der Waals surface area contributed by atoms with Gasteiger partial charge in [-0.25, -0.2) is 0 Å². The van der Waals surface area contributed by atoms with Crippen LogP contribution < -0.4 is 0 Å². The third-order valence-corrected chi connectivity index (χ3v) is 18.8. The summed E-state index contributed by atoms with van der Waals surface area (Å²) in [4.78, 5) is 0. The molecule has 0 aliphatic rings. The Bertz CT molecular complexity index is 5140. The van der Waals surface area contributed by atoms with Gasteiger partial charge < -0.3 is 13.3 Å². The SMILES string of the molecule is c1ccc2c(c1)oc1c(-c3ccc4c(c3)sc3ccccc34)cccc12.c1ccc2c(c1)oc1c(-c3cccc4sc5ccccc5c34)cccc12.c1ccc2c(c1)oc1cccc(-c3cccc4c3sc3ccccc34)c12. The van der Waals surface area contributed by atoms with Gasteiger partial charge >= 0.3 is 0 Å². The summed E-state index contributed by atoms with van der Waals surface area (Å²) >= 11 is 5.57. The largest absolute Gasteiger partial charge is 0.456 e. The fourth-order valence-corrected chi connectivity index (χ4v) is 15.3.